The lowest BCUT2D eigenvalue weighted by molar-refractivity contribution is -0.118. The van der Waals surface area contributed by atoms with Gasteiger partial charge in [0, 0.05) is 27.9 Å². The van der Waals surface area contributed by atoms with Gasteiger partial charge >= 0.3 is 0 Å². The molecule has 5 aromatic rings. The quantitative estimate of drug-likeness (QED) is 0.147. The van der Waals surface area contributed by atoms with Crippen molar-refractivity contribution in [2.75, 3.05) is 25.6 Å². The van der Waals surface area contributed by atoms with E-state index in [0.717, 1.165) is 22.4 Å². The summed E-state index contributed by atoms with van der Waals surface area (Å²) in [6, 6.07) is 19.5. The molecule has 0 aliphatic heterocycles. The van der Waals surface area contributed by atoms with E-state index in [1.165, 1.54) is 48.3 Å². The highest BCUT2D eigenvalue weighted by atomic mass is 35.5. The summed E-state index contributed by atoms with van der Waals surface area (Å²) < 4.78 is 31.8. The molecule has 1 heterocycles. The van der Waals surface area contributed by atoms with Crippen molar-refractivity contribution in [1.29, 1.82) is 0 Å². The Labute approximate surface area is 276 Å². The molecule has 0 aliphatic rings. The van der Waals surface area contributed by atoms with Crippen LogP contribution in [0, 0.1) is 12.7 Å². The van der Waals surface area contributed by atoms with Crippen molar-refractivity contribution in [1.82, 2.24) is 9.66 Å². The fourth-order valence-electron chi connectivity index (χ4n) is 5.05. The number of nitrogens with zero attached hydrogens (tertiary/aromatic N) is 3. The fraction of sp³-hybridized carbons (Fsp3) is 0.222. The van der Waals surface area contributed by atoms with Crippen molar-refractivity contribution in [2.45, 2.75) is 33.6 Å². The SMILES string of the molecule is CCOc1cc(C)c(-c2nc3ccccc3c(=O)n2N=Cc2cc(Cl)cc(OC)c2OCC(=O)Nc2ccc(F)cc2)cc1C(C)C. The average molecular weight is 657 g/mol. The third-order valence-corrected chi connectivity index (χ3v) is 7.55. The summed E-state index contributed by atoms with van der Waals surface area (Å²) in [4.78, 5) is 31.5. The van der Waals surface area contributed by atoms with Crippen molar-refractivity contribution < 1.29 is 23.4 Å². The molecule has 242 valence electrons. The molecule has 11 heteroatoms. The van der Waals surface area contributed by atoms with Gasteiger partial charge < -0.3 is 19.5 Å². The van der Waals surface area contributed by atoms with E-state index in [2.05, 4.69) is 24.3 Å². The fourth-order valence-corrected chi connectivity index (χ4v) is 5.27. The lowest BCUT2D eigenvalue weighted by atomic mass is 9.96. The van der Waals surface area contributed by atoms with Gasteiger partial charge in [-0.1, -0.05) is 37.6 Å². The van der Waals surface area contributed by atoms with Crippen LogP contribution in [-0.4, -0.2) is 42.1 Å². The molecule has 0 radical (unpaired) electrons. The normalized spacial score (nSPS) is 11.3. The number of carbonyl (C=O) groups is 1. The molecule has 1 aromatic heterocycles. The second-order valence-corrected chi connectivity index (χ2v) is 11.4. The number of methoxy groups -OCH3 is 1. The number of rotatable bonds is 11. The molecule has 0 atom stereocenters. The maximum absolute atomic E-state index is 14.0. The molecule has 0 bridgehead atoms. The monoisotopic (exact) mass is 656 g/mol. The molecule has 0 saturated heterocycles. The van der Waals surface area contributed by atoms with Crippen LogP contribution in [0.1, 0.15) is 43.4 Å². The maximum atomic E-state index is 14.0. The molecule has 4 aromatic carbocycles. The van der Waals surface area contributed by atoms with Gasteiger partial charge in [0.2, 0.25) is 0 Å². The Balaban J connectivity index is 1.59. The number of ether oxygens (including phenoxy) is 3. The van der Waals surface area contributed by atoms with Gasteiger partial charge in [-0.2, -0.15) is 9.78 Å². The molecular formula is C36H34ClFN4O5. The first-order chi connectivity index (χ1) is 22.6. The third-order valence-electron chi connectivity index (χ3n) is 7.33. The highest BCUT2D eigenvalue weighted by Crippen LogP contribution is 2.36. The van der Waals surface area contributed by atoms with E-state index in [1.807, 2.05) is 32.0 Å². The van der Waals surface area contributed by atoms with Crippen LogP contribution >= 0.6 is 11.6 Å². The van der Waals surface area contributed by atoms with E-state index in [1.54, 1.807) is 24.3 Å². The van der Waals surface area contributed by atoms with E-state index >= 15 is 0 Å². The number of anilines is 1. The molecule has 0 aliphatic carbocycles. The van der Waals surface area contributed by atoms with E-state index < -0.39 is 18.3 Å². The summed E-state index contributed by atoms with van der Waals surface area (Å²) in [6.07, 6.45) is 1.41. The molecule has 0 unspecified atom stereocenters. The Morgan fingerprint density at radius 3 is 2.51 bits per heavy atom. The second-order valence-electron chi connectivity index (χ2n) is 11.0. The number of halogens is 2. The first-order valence-corrected chi connectivity index (χ1v) is 15.4. The van der Waals surface area contributed by atoms with E-state index in [9.17, 15) is 14.0 Å². The highest BCUT2D eigenvalue weighted by molar-refractivity contribution is 6.31. The second kappa shape index (κ2) is 14.5. The van der Waals surface area contributed by atoms with Crippen LogP contribution in [0.25, 0.3) is 22.3 Å². The van der Waals surface area contributed by atoms with Crippen LogP contribution in [0.4, 0.5) is 10.1 Å². The van der Waals surface area contributed by atoms with Crippen molar-refractivity contribution >= 4 is 40.3 Å². The van der Waals surface area contributed by atoms with Crippen molar-refractivity contribution in [2.24, 2.45) is 5.10 Å². The number of para-hydroxylation sites is 1. The Morgan fingerprint density at radius 1 is 1.06 bits per heavy atom. The van der Waals surface area contributed by atoms with Crippen molar-refractivity contribution in [3.63, 3.8) is 0 Å². The van der Waals surface area contributed by atoms with Gasteiger partial charge in [-0.25, -0.2) is 9.37 Å². The van der Waals surface area contributed by atoms with Crippen LogP contribution < -0.4 is 25.1 Å². The standard InChI is InChI=1S/C36H34ClFN4O5/c1-6-46-31-15-22(4)29(18-28(31)21(2)3)35-41-30-10-8-7-9-27(30)36(44)42(35)39-19-23-16-24(37)17-32(45-5)34(23)47-20-33(43)40-26-13-11-25(38)12-14-26/h7-19,21H,6,20H2,1-5H3,(H,40,43). The molecular weight excluding hydrogens is 623 g/mol. The molecule has 9 nitrogen and oxygen atoms in total. The number of nitrogens with one attached hydrogen (secondary N) is 1. The average Bonchev–Trinajstić information content (AvgIpc) is 3.04. The number of hydrogen-bond donors (Lipinski definition) is 1. The zero-order chi connectivity index (χ0) is 33.7. The highest BCUT2D eigenvalue weighted by Gasteiger charge is 2.20. The molecule has 47 heavy (non-hydrogen) atoms. The van der Waals surface area contributed by atoms with Crippen LogP contribution in [0.15, 0.2) is 82.7 Å². The first kappa shape index (κ1) is 33.2. The number of carbonyl (C=O) groups excluding carboxylic acids is 1. The lowest BCUT2D eigenvalue weighted by Gasteiger charge is -2.18. The van der Waals surface area contributed by atoms with Gasteiger partial charge in [-0.15, -0.1) is 0 Å². The zero-order valence-electron chi connectivity index (χ0n) is 26.6. The summed E-state index contributed by atoms with van der Waals surface area (Å²) in [5.74, 6) is 0.774. The molecule has 0 spiro atoms. The van der Waals surface area contributed by atoms with E-state index in [4.69, 9.17) is 30.8 Å². The molecule has 0 fully saturated rings. The number of fused-ring (bicyclic) bond motifs is 1. The van der Waals surface area contributed by atoms with Gasteiger partial charge in [0.1, 0.15) is 11.6 Å². The Kier molecular flexibility index (Phi) is 10.2. The minimum atomic E-state index is -0.485. The van der Waals surface area contributed by atoms with Crippen LogP contribution in [0.3, 0.4) is 0 Å². The third kappa shape index (κ3) is 7.44. The minimum Gasteiger partial charge on any atom is -0.494 e. The summed E-state index contributed by atoms with van der Waals surface area (Å²) in [7, 11) is 1.44. The van der Waals surface area contributed by atoms with Crippen molar-refractivity contribution in [3.05, 3.63) is 111 Å². The molecule has 0 saturated carbocycles. The van der Waals surface area contributed by atoms with Crippen LogP contribution in [-0.2, 0) is 4.79 Å². The van der Waals surface area contributed by atoms with Gasteiger partial charge in [0.05, 0.1) is 30.8 Å². The topological polar surface area (TPSA) is 104 Å². The van der Waals surface area contributed by atoms with E-state index in [-0.39, 0.29) is 23.0 Å². The zero-order valence-corrected chi connectivity index (χ0v) is 27.4. The Hall–Kier alpha value is -5.22. The maximum Gasteiger partial charge on any atom is 0.282 e. The number of aromatic nitrogens is 2. The number of amides is 1. The lowest BCUT2D eigenvalue weighted by Crippen LogP contribution is -2.21. The molecule has 1 N–H and O–H groups in total. The Bertz CT molecular complexity index is 2030. The minimum absolute atomic E-state index is 0.138. The first-order valence-electron chi connectivity index (χ1n) is 15.0. The summed E-state index contributed by atoms with van der Waals surface area (Å²) in [5, 5.41) is 7.97. The smallest absolute Gasteiger partial charge is 0.282 e. The molecule has 1 amide bonds. The summed E-state index contributed by atoms with van der Waals surface area (Å²) in [6.45, 7) is 8.13. The van der Waals surface area contributed by atoms with Crippen molar-refractivity contribution in [3.8, 4) is 28.6 Å². The predicted molar refractivity (Wildman–Crippen MR) is 183 cm³/mol. The van der Waals surface area contributed by atoms with Gasteiger partial charge in [-0.05, 0) is 85.5 Å². The van der Waals surface area contributed by atoms with Crippen LogP contribution in [0.5, 0.6) is 17.2 Å². The van der Waals surface area contributed by atoms with Gasteiger partial charge in [0.25, 0.3) is 11.5 Å². The van der Waals surface area contributed by atoms with E-state index in [0.29, 0.717) is 39.6 Å². The summed E-state index contributed by atoms with van der Waals surface area (Å²) in [5.41, 5.74) is 3.45. The number of benzene rings is 4. The molecule has 5 rings (SSSR count). The van der Waals surface area contributed by atoms with Gasteiger partial charge in [0.15, 0.2) is 23.9 Å². The summed E-state index contributed by atoms with van der Waals surface area (Å²) >= 11 is 6.41. The number of hydrogen-bond acceptors (Lipinski definition) is 7. The predicted octanol–water partition coefficient (Wildman–Crippen LogP) is 7.59. The van der Waals surface area contributed by atoms with Gasteiger partial charge in [-0.3, -0.25) is 9.59 Å². The largest absolute Gasteiger partial charge is 0.494 e. The number of aryl methyl sites for hydroxylation is 1. The Morgan fingerprint density at radius 2 is 1.81 bits per heavy atom. The van der Waals surface area contributed by atoms with Crippen LogP contribution in [0.2, 0.25) is 5.02 Å².